The highest BCUT2D eigenvalue weighted by Gasteiger charge is 2.20. The van der Waals surface area contributed by atoms with Gasteiger partial charge >= 0.3 is 0 Å². The van der Waals surface area contributed by atoms with Crippen molar-refractivity contribution in [2.75, 3.05) is 13.2 Å². The van der Waals surface area contributed by atoms with E-state index < -0.39 is 0 Å². The van der Waals surface area contributed by atoms with Gasteiger partial charge in [0.25, 0.3) is 0 Å². The van der Waals surface area contributed by atoms with E-state index in [-0.39, 0.29) is 0 Å². The van der Waals surface area contributed by atoms with E-state index >= 15 is 0 Å². The van der Waals surface area contributed by atoms with Crippen LogP contribution in [0.15, 0.2) is 24.3 Å². The van der Waals surface area contributed by atoms with Gasteiger partial charge in [-0.2, -0.15) is 0 Å². The molecule has 14 heavy (non-hydrogen) atoms. The lowest BCUT2D eigenvalue weighted by Crippen LogP contribution is -1.95. The maximum atomic E-state index is 5.37. The smallest absolute Gasteiger partial charge is 0.0993 e. The molecule has 3 rings (SSSR count). The number of thiazole rings is 1. The van der Waals surface area contributed by atoms with Gasteiger partial charge in [-0.25, -0.2) is 4.98 Å². The first-order chi connectivity index (χ1) is 6.93. The van der Waals surface area contributed by atoms with Crippen LogP contribution in [0.2, 0.25) is 0 Å². The minimum Gasteiger partial charge on any atom is -0.381 e. The number of aromatic nitrogens is 1. The highest BCUT2D eigenvalue weighted by Crippen LogP contribution is 2.31. The Balaban J connectivity index is 2.05. The molecule has 1 atom stereocenters. The lowest BCUT2D eigenvalue weighted by molar-refractivity contribution is 0.194. The highest BCUT2D eigenvalue weighted by molar-refractivity contribution is 7.18. The summed E-state index contributed by atoms with van der Waals surface area (Å²) in [5, 5.41) is 1.24. The zero-order chi connectivity index (χ0) is 9.38. The van der Waals surface area contributed by atoms with Crippen LogP contribution in [0.1, 0.15) is 17.3 Å². The highest BCUT2D eigenvalue weighted by atomic mass is 32.1. The first-order valence-electron chi connectivity index (χ1n) is 4.87. The van der Waals surface area contributed by atoms with Crippen LogP contribution in [0.25, 0.3) is 10.2 Å². The van der Waals surface area contributed by atoms with Crippen molar-refractivity contribution in [3.8, 4) is 0 Å². The number of fused-ring (bicyclic) bond motifs is 1. The summed E-state index contributed by atoms with van der Waals surface area (Å²) in [7, 11) is 0. The molecule has 0 aliphatic carbocycles. The van der Waals surface area contributed by atoms with Crippen molar-refractivity contribution in [2.24, 2.45) is 0 Å². The third kappa shape index (κ3) is 1.33. The van der Waals surface area contributed by atoms with Gasteiger partial charge in [-0.15, -0.1) is 11.3 Å². The van der Waals surface area contributed by atoms with Gasteiger partial charge in [-0.1, -0.05) is 12.1 Å². The SMILES string of the molecule is c1ccc2sc(C3CCOC3)nc2c1. The van der Waals surface area contributed by atoms with E-state index in [1.165, 1.54) is 9.71 Å². The molecule has 1 fully saturated rings. The number of hydrogen-bond donors (Lipinski definition) is 0. The van der Waals surface area contributed by atoms with Crippen molar-refractivity contribution in [1.82, 2.24) is 4.98 Å². The van der Waals surface area contributed by atoms with Gasteiger partial charge in [0.1, 0.15) is 0 Å². The minimum absolute atomic E-state index is 0.535. The normalized spacial score (nSPS) is 21.9. The minimum atomic E-state index is 0.535. The molecule has 0 spiro atoms. The fraction of sp³-hybridized carbons (Fsp3) is 0.364. The Labute approximate surface area is 86.5 Å². The van der Waals surface area contributed by atoms with E-state index in [2.05, 4.69) is 23.2 Å². The summed E-state index contributed by atoms with van der Waals surface area (Å²) >= 11 is 1.80. The summed E-state index contributed by atoms with van der Waals surface area (Å²) in [5.41, 5.74) is 1.12. The van der Waals surface area contributed by atoms with Crippen molar-refractivity contribution in [2.45, 2.75) is 12.3 Å². The molecule has 1 aromatic heterocycles. The number of nitrogens with zero attached hydrogens (tertiary/aromatic N) is 1. The van der Waals surface area contributed by atoms with Crippen LogP contribution >= 0.6 is 11.3 Å². The molecule has 1 unspecified atom stereocenters. The van der Waals surface area contributed by atoms with E-state index in [1.807, 2.05) is 6.07 Å². The van der Waals surface area contributed by atoms with E-state index in [4.69, 9.17) is 4.74 Å². The van der Waals surface area contributed by atoms with E-state index in [1.54, 1.807) is 11.3 Å². The van der Waals surface area contributed by atoms with Gasteiger partial charge in [0, 0.05) is 12.5 Å². The molecule has 1 saturated heterocycles. The van der Waals surface area contributed by atoms with Crippen LogP contribution in [-0.2, 0) is 4.74 Å². The molecule has 1 aromatic carbocycles. The Morgan fingerprint density at radius 2 is 2.29 bits per heavy atom. The lowest BCUT2D eigenvalue weighted by Gasteiger charge is -1.99. The van der Waals surface area contributed by atoms with Crippen LogP contribution in [0.3, 0.4) is 0 Å². The predicted octanol–water partition coefficient (Wildman–Crippen LogP) is 2.80. The zero-order valence-electron chi connectivity index (χ0n) is 7.77. The molecule has 2 nitrogen and oxygen atoms in total. The lowest BCUT2D eigenvalue weighted by atomic mass is 10.1. The first kappa shape index (κ1) is 8.38. The monoisotopic (exact) mass is 205 g/mol. The van der Waals surface area contributed by atoms with Crippen LogP contribution in [0.5, 0.6) is 0 Å². The first-order valence-corrected chi connectivity index (χ1v) is 5.68. The molecule has 0 bridgehead atoms. The molecule has 0 amide bonds. The number of benzene rings is 1. The Morgan fingerprint density at radius 1 is 1.36 bits per heavy atom. The van der Waals surface area contributed by atoms with Crippen molar-refractivity contribution in [3.63, 3.8) is 0 Å². The van der Waals surface area contributed by atoms with Gasteiger partial charge in [0.2, 0.25) is 0 Å². The Kier molecular flexibility index (Phi) is 2.00. The molecule has 72 valence electrons. The van der Waals surface area contributed by atoms with Crippen LogP contribution in [0, 0.1) is 0 Å². The maximum Gasteiger partial charge on any atom is 0.0993 e. The second kappa shape index (κ2) is 3.33. The zero-order valence-corrected chi connectivity index (χ0v) is 8.59. The summed E-state index contributed by atoms with van der Waals surface area (Å²) in [4.78, 5) is 4.63. The largest absolute Gasteiger partial charge is 0.381 e. The number of para-hydroxylation sites is 1. The molecule has 2 aromatic rings. The van der Waals surface area contributed by atoms with Gasteiger partial charge in [0.15, 0.2) is 0 Å². The standard InChI is InChI=1S/C11H11NOS/c1-2-4-10-9(3-1)12-11(14-10)8-5-6-13-7-8/h1-4,8H,5-7H2. The second-order valence-corrected chi connectivity index (χ2v) is 4.64. The number of hydrogen-bond acceptors (Lipinski definition) is 3. The van der Waals surface area contributed by atoms with Gasteiger partial charge in [-0.05, 0) is 18.6 Å². The molecule has 1 aliphatic rings. The number of ether oxygens (including phenoxy) is 1. The average molecular weight is 205 g/mol. The van der Waals surface area contributed by atoms with Crippen molar-refractivity contribution in [1.29, 1.82) is 0 Å². The fourth-order valence-corrected chi connectivity index (χ4v) is 2.88. The molecule has 1 aliphatic heterocycles. The molecule has 3 heteroatoms. The Hall–Kier alpha value is -0.930. The summed E-state index contributed by atoms with van der Waals surface area (Å²) in [6, 6.07) is 8.31. The van der Waals surface area contributed by atoms with Gasteiger partial charge < -0.3 is 4.74 Å². The number of rotatable bonds is 1. The molecule has 0 saturated carbocycles. The van der Waals surface area contributed by atoms with Gasteiger partial charge in [0.05, 0.1) is 21.8 Å². The Bertz CT molecular complexity index is 412. The summed E-state index contributed by atoms with van der Waals surface area (Å²) < 4.78 is 6.66. The van der Waals surface area contributed by atoms with E-state index in [9.17, 15) is 0 Å². The summed E-state index contributed by atoms with van der Waals surface area (Å²) in [5.74, 6) is 0.535. The summed E-state index contributed by atoms with van der Waals surface area (Å²) in [6.45, 7) is 1.74. The average Bonchev–Trinajstić information content (AvgIpc) is 2.86. The van der Waals surface area contributed by atoms with Crippen LogP contribution in [0.4, 0.5) is 0 Å². The maximum absolute atomic E-state index is 5.37. The van der Waals surface area contributed by atoms with Crippen LogP contribution < -0.4 is 0 Å². The molecule has 0 radical (unpaired) electrons. The quantitative estimate of drug-likeness (QED) is 0.714. The predicted molar refractivity (Wildman–Crippen MR) is 57.8 cm³/mol. The second-order valence-electron chi connectivity index (χ2n) is 3.58. The van der Waals surface area contributed by atoms with Gasteiger partial charge in [-0.3, -0.25) is 0 Å². The summed E-state index contributed by atoms with van der Waals surface area (Å²) in [6.07, 6.45) is 1.12. The molecule has 2 heterocycles. The van der Waals surface area contributed by atoms with Crippen LogP contribution in [-0.4, -0.2) is 18.2 Å². The van der Waals surface area contributed by atoms with Crippen molar-refractivity contribution >= 4 is 21.6 Å². The van der Waals surface area contributed by atoms with Crippen molar-refractivity contribution < 1.29 is 4.74 Å². The third-order valence-electron chi connectivity index (χ3n) is 2.59. The van der Waals surface area contributed by atoms with E-state index in [0.717, 1.165) is 25.2 Å². The third-order valence-corrected chi connectivity index (χ3v) is 3.79. The fourth-order valence-electron chi connectivity index (χ4n) is 1.79. The molecular weight excluding hydrogens is 194 g/mol. The molecular formula is C11H11NOS. The topological polar surface area (TPSA) is 22.1 Å². The Morgan fingerprint density at radius 3 is 3.07 bits per heavy atom. The van der Waals surface area contributed by atoms with E-state index in [0.29, 0.717) is 5.92 Å². The van der Waals surface area contributed by atoms with Crippen molar-refractivity contribution in [3.05, 3.63) is 29.3 Å². The molecule has 0 N–H and O–H groups in total.